The second-order valence-corrected chi connectivity index (χ2v) is 5.68. The molecule has 0 bridgehead atoms. The number of carbonyl (C=O) groups is 1. The normalized spacial score (nSPS) is 11.4. The van der Waals surface area contributed by atoms with Gasteiger partial charge in [-0.3, -0.25) is 4.79 Å². The van der Waals surface area contributed by atoms with Crippen molar-refractivity contribution in [3.05, 3.63) is 102 Å². The topological polar surface area (TPSA) is 41.1 Å². The molecule has 25 heavy (non-hydrogen) atoms. The third-order valence-electron chi connectivity index (χ3n) is 3.85. The molecule has 2 N–H and O–H groups in total. The molecule has 0 aliphatic heterocycles. The van der Waals surface area contributed by atoms with Crippen molar-refractivity contribution in [2.24, 2.45) is 0 Å². The molecule has 0 radical (unpaired) electrons. The first-order valence-corrected chi connectivity index (χ1v) is 8.19. The van der Waals surface area contributed by atoms with E-state index in [4.69, 9.17) is 0 Å². The Labute approximate surface area is 148 Å². The predicted molar refractivity (Wildman–Crippen MR) is 104 cm³/mol. The summed E-state index contributed by atoms with van der Waals surface area (Å²) >= 11 is 0. The monoisotopic (exact) mass is 328 g/mol. The average Bonchev–Trinajstić information content (AvgIpc) is 2.68. The smallest absolute Gasteiger partial charge is 0.253 e. The van der Waals surface area contributed by atoms with Gasteiger partial charge in [0, 0.05) is 16.9 Å². The van der Waals surface area contributed by atoms with E-state index in [1.54, 1.807) is 0 Å². The second-order valence-electron chi connectivity index (χ2n) is 5.68. The van der Waals surface area contributed by atoms with Gasteiger partial charge in [0.25, 0.3) is 5.91 Å². The van der Waals surface area contributed by atoms with E-state index >= 15 is 0 Å². The van der Waals surface area contributed by atoms with Crippen LogP contribution in [0.15, 0.2) is 96.6 Å². The average molecular weight is 328 g/mol. The van der Waals surface area contributed by atoms with Crippen molar-refractivity contribution in [1.82, 2.24) is 0 Å². The number of para-hydroxylation sites is 2. The molecule has 124 valence electrons. The number of nitrogens with one attached hydrogen (secondary N) is 2. The molecular formula is C22H20N2O. The van der Waals surface area contributed by atoms with Crippen LogP contribution in [0, 0.1) is 0 Å². The van der Waals surface area contributed by atoms with Crippen LogP contribution in [0.2, 0.25) is 0 Å². The molecule has 3 aromatic rings. The predicted octanol–water partition coefficient (Wildman–Crippen LogP) is 5.17. The Balaban J connectivity index is 1.94. The van der Waals surface area contributed by atoms with Gasteiger partial charge in [-0.2, -0.15) is 0 Å². The van der Waals surface area contributed by atoms with Gasteiger partial charge in [-0.25, -0.2) is 0 Å². The van der Waals surface area contributed by atoms with Crippen molar-refractivity contribution in [3.8, 4) is 0 Å². The zero-order valence-corrected chi connectivity index (χ0v) is 14.1. The maximum Gasteiger partial charge on any atom is 0.253 e. The quantitative estimate of drug-likeness (QED) is 0.635. The summed E-state index contributed by atoms with van der Waals surface area (Å²) in [4.78, 5) is 12.7. The molecule has 3 aromatic carbocycles. The molecule has 0 spiro atoms. The van der Waals surface area contributed by atoms with Crippen LogP contribution in [0.25, 0.3) is 5.70 Å². The fourth-order valence-electron chi connectivity index (χ4n) is 2.51. The molecule has 0 aliphatic carbocycles. The van der Waals surface area contributed by atoms with Gasteiger partial charge in [0.05, 0.1) is 5.70 Å². The summed E-state index contributed by atoms with van der Waals surface area (Å²) in [7, 11) is 0. The zero-order valence-electron chi connectivity index (χ0n) is 14.1. The Morgan fingerprint density at radius 1 is 0.640 bits per heavy atom. The molecule has 0 aromatic heterocycles. The Bertz CT molecular complexity index is 856. The van der Waals surface area contributed by atoms with Crippen LogP contribution in [-0.2, 0) is 4.79 Å². The van der Waals surface area contributed by atoms with Crippen LogP contribution in [0.3, 0.4) is 0 Å². The summed E-state index contributed by atoms with van der Waals surface area (Å²) in [5.74, 6) is -0.131. The molecule has 0 heterocycles. The van der Waals surface area contributed by atoms with Crippen LogP contribution in [0.4, 0.5) is 11.4 Å². The molecule has 0 atom stereocenters. The Morgan fingerprint density at radius 2 is 1.08 bits per heavy atom. The van der Waals surface area contributed by atoms with Crippen LogP contribution in [0.1, 0.15) is 12.5 Å². The number of carbonyl (C=O) groups excluding carboxylic acids is 1. The fraction of sp³-hybridized carbons (Fsp3) is 0.0455. The van der Waals surface area contributed by atoms with Crippen molar-refractivity contribution in [1.29, 1.82) is 0 Å². The molecular weight excluding hydrogens is 308 g/mol. The lowest BCUT2D eigenvalue weighted by atomic mass is 10.1. The standard InChI is InChI=1S/C22H20N2O/c1-17(22(25)24-20-15-9-4-10-16-20)21(18-11-5-2-6-12-18)23-19-13-7-3-8-14-19/h2-16,23H,1H3,(H,24,25)/b21-17+. The second kappa shape index (κ2) is 7.97. The van der Waals surface area contributed by atoms with E-state index in [0.717, 1.165) is 22.6 Å². The van der Waals surface area contributed by atoms with Gasteiger partial charge in [0.1, 0.15) is 0 Å². The molecule has 3 nitrogen and oxygen atoms in total. The lowest BCUT2D eigenvalue weighted by molar-refractivity contribution is -0.112. The number of anilines is 2. The molecule has 0 aliphatic rings. The van der Waals surface area contributed by atoms with Crippen molar-refractivity contribution >= 4 is 23.0 Å². The molecule has 1 amide bonds. The van der Waals surface area contributed by atoms with E-state index < -0.39 is 0 Å². The van der Waals surface area contributed by atoms with Crippen LogP contribution >= 0.6 is 0 Å². The summed E-state index contributed by atoms with van der Waals surface area (Å²) in [5, 5.41) is 6.32. The van der Waals surface area contributed by atoms with Gasteiger partial charge in [0.2, 0.25) is 0 Å². The van der Waals surface area contributed by atoms with Crippen molar-refractivity contribution in [3.63, 3.8) is 0 Å². The van der Waals surface area contributed by atoms with E-state index in [-0.39, 0.29) is 5.91 Å². The third-order valence-corrected chi connectivity index (χ3v) is 3.85. The molecule has 0 unspecified atom stereocenters. The Hall–Kier alpha value is -3.33. The number of amides is 1. The maximum atomic E-state index is 12.7. The van der Waals surface area contributed by atoms with Crippen molar-refractivity contribution < 1.29 is 4.79 Å². The summed E-state index contributed by atoms with van der Waals surface area (Å²) in [6.07, 6.45) is 0. The number of hydrogen-bond acceptors (Lipinski definition) is 2. The first kappa shape index (κ1) is 16.5. The molecule has 0 fully saturated rings. The van der Waals surface area contributed by atoms with Gasteiger partial charge in [-0.05, 0) is 36.8 Å². The lowest BCUT2D eigenvalue weighted by Gasteiger charge is -2.15. The minimum absolute atomic E-state index is 0.131. The summed E-state index contributed by atoms with van der Waals surface area (Å²) < 4.78 is 0. The summed E-state index contributed by atoms with van der Waals surface area (Å²) in [5.41, 5.74) is 4.10. The van der Waals surface area contributed by atoms with Crippen LogP contribution in [0.5, 0.6) is 0 Å². The third kappa shape index (κ3) is 4.36. The van der Waals surface area contributed by atoms with Gasteiger partial charge >= 0.3 is 0 Å². The Morgan fingerprint density at radius 3 is 1.60 bits per heavy atom. The zero-order chi connectivity index (χ0) is 17.5. The van der Waals surface area contributed by atoms with Crippen LogP contribution in [-0.4, -0.2) is 5.91 Å². The van der Waals surface area contributed by atoms with E-state index in [2.05, 4.69) is 10.6 Å². The highest BCUT2D eigenvalue weighted by Crippen LogP contribution is 2.22. The van der Waals surface area contributed by atoms with Gasteiger partial charge in [-0.15, -0.1) is 0 Å². The maximum absolute atomic E-state index is 12.7. The van der Waals surface area contributed by atoms with Gasteiger partial charge in [0.15, 0.2) is 0 Å². The van der Waals surface area contributed by atoms with E-state index in [9.17, 15) is 4.79 Å². The highest BCUT2D eigenvalue weighted by atomic mass is 16.1. The van der Waals surface area contributed by atoms with Crippen molar-refractivity contribution in [2.75, 3.05) is 10.6 Å². The minimum Gasteiger partial charge on any atom is -0.355 e. The number of hydrogen-bond donors (Lipinski definition) is 2. The van der Waals surface area contributed by atoms with Gasteiger partial charge < -0.3 is 10.6 Å². The minimum atomic E-state index is -0.131. The first-order valence-electron chi connectivity index (χ1n) is 8.19. The lowest BCUT2D eigenvalue weighted by Crippen LogP contribution is -2.16. The molecule has 3 rings (SSSR count). The van der Waals surface area contributed by atoms with E-state index in [1.165, 1.54) is 0 Å². The fourth-order valence-corrected chi connectivity index (χ4v) is 2.51. The van der Waals surface area contributed by atoms with E-state index in [0.29, 0.717) is 5.57 Å². The van der Waals surface area contributed by atoms with Gasteiger partial charge in [-0.1, -0.05) is 66.7 Å². The summed E-state index contributed by atoms with van der Waals surface area (Å²) in [6, 6.07) is 29.2. The summed E-state index contributed by atoms with van der Waals surface area (Å²) in [6.45, 7) is 1.83. The molecule has 0 saturated carbocycles. The molecule has 3 heteroatoms. The molecule has 0 saturated heterocycles. The first-order chi connectivity index (χ1) is 12.2. The highest BCUT2D eigenvalue weighted by Gasteiger charge is 2.13. The number of rotatable bonds is 5. The highest BCUT2D eigenvalue weighted by molar-refractivity contribution is 6.09. The van der Waals surface area contributed by atoms with Crippen LogP contribution < -0.4 is 10.6 Å². The Kier molecular flexibility index (Phi) is 5.27. The number of benzene rings is 3. The van der Waals surface area contributed by atoms with E-state index in [1.807, 2.05) is 97.9 Å². The van der Waals surface area contributed by atoms with Crippen molar-refractivity contribution in [2.45, 2.75) is 6.92 Å². The largest absolute Gasteiger partial charge is 0.355 e. The SMILES string of the molecule is C/C(C(=O)Nc1ccccc1)=C(\Nc1ccccc1)c1ccccc1.